The molecular formula is C11H11ClO3. The first-order valence-electron chi connectivity index (χ1n) is 4.35. The number of rotatable bonds is 3. The zero-order chi connectivity index (χ0) is 11.1. The standard InChI is InChI=1S/C11H11ClO3/c1-14-11(13)15-8-2-3-9-4-6-10(12)7-5-9/h2-7H,8H2,1H3. The summed E-state index contributed by atoms with van der Waals surface area (Å²) >= 11 is 5.72. The summed E-state index contributed by atoms with van der Waals surface area (Å²) in [6, 6.07) is 7.33. The number of carbonyl (C=O) groups is 1. The molecule has 0 unspecified atom stereocenters. The van der Waals surface area contributed by atoms with Crippen LogP contribution in [0.5, 0.6) is 0 Å². The quantitative estimate of drug-likeness (QED) is 0.743. The van der Waals surface area contributed by atoms with E-state index in [1.54, 1.807) is 18.2 Å². The zero-order valence-electron chi connectivity index (χ0n) is 8.27. The monoisotopic (exact) mass is 226 g/mol. The normalized spacial score (nSPS) is 10.3. The summed E-state index contributed by atoms with van der Waals surface area (Å²) in [6.45, 7) is 0.190. The van der Waals surface area contributed by atoms with Crippen LogP contribution >= 0.6 is 11.6 Å². The van der Waals surface area contributed by atoms with Crippen LogP contribution in [0.3, 0.4) is 0 Å². The summed E-state index contributed by atoms with van der Waals surface area (Å²) in [4.78, 5) is 10.6. The van der Waals surface area contributed by atoms with Gasteiger partial charge in [-0.2, -0.15) is 0 Å². The van der Waals surface area contributed by atoms with Gasteiger partial charge in [-0.3, -0.25) is 0 Å². The summed E-state index contributed by atoms with van der Waals surface area (Å²) in [5, 5.41) is 0.693. The van der Waals surface area contributed by atoms with E-state index in [4.69, 9.17) is 11.6 Å². The highest BCUT2D eigenvalue weighted by molar-refractivity contribution is 6.30. The van der Waals surface area contributed by atoms with Gasteiger partial charge in [0.2, 0.25) is 0 Å². The third-order valence-electron chi connectivity index (χ3n) is 1.64. The predicted molar refractivity (Wildman–Crippen MR) is 58.8 cm³/mol. The van der Waals surface area contributed by atoms with E-state index in [9.17, 15) is 4.79 Å². The van der Waals surface area contributed by atoms with Crippen LogP contribution < -0.4 is 0 Å². The minimum atomic E-state index is -0.684. The molecule has 0 fully saturated rings. The molecule has 0 aliphatic carbocycles. The lowest BCUT2D eigenvalue weighted by Crippen LogP contribution is -2.03. The molecule has 0 heterocycles. The first kappa shape index (κ1) is 11.6. The second-order valence-electron chi connectivity index (χ2n) is 2.72. The van der Waals surface area contributed by atoms with Crippen LogP contribution in [-0.2, 0) is 9.47 Å². The maximum absolute atomic E-state index is 10.6. The molecule has 0 aliphatic heterocycles. The SMILES string of the molecule is COC(=O)OCC=Cc1ccc(Cl)cc1. The fourth-order valence-corrected chi connectivity index (χ4v) is 1.06. The zero-order valence-corrected chi connectivity index (χ0v) is 9.03. The highest BCUT2D eigenvalue weighted by Gasteiger charge is 1.95. The smallest absolute Gasteiger partial charge is 0.438 e. The van der Waals surface area contributed by atoms with E-state index in [0.717, 1.165) is 5.56 Å². The average Bonchev–Trinajstić information content (AvgIpc) is 2.26. The largest absolute Gasteiger partial charge is 0.508 e. The number of halogens is 1. The highest BCUT2D eigenvalue weighted by atomic mass is 35.5. The van der Waals surface area contributed by atoms with Gasteiger partial charge in [-0.1, -0.05) is 29.8 Å². The number of carbonyl (C=O) groups excluding carboxylic acids is 1. The van der Waals surface area contributed by atoms with E-state index in [1.807, 2.05) is 18.2 Å². The molecule has 3 nitrogen and oxygen atoms in total. The molecule has 0 bridgehead atoms. The predicted octanol–water partition coefficient (Wildman–Crippen LogP) is 3.14. The van der Waals surface area contributed by atoms with Crippen molar-refractivity contribution in [3.8, 4) is 0 Å². The van der Waals surface area contributed by atoms with Gasteiger partial charge < -0.3 is 9.47 Å². The van der Waals surface area contributed by atoms with E-state index in [2.05, 4.69) is 9.47 Å². The van der Waals surface area contributed by atoms with Gasteiger partial charge in [0, 0.05) is 5.02 Å². The van der Waals surface area contributed by atoms with E-state index in [1.165, 1.54) is 7.11 Å². The maximum Gasteiger partial charge on any atom is 0.508 e. The van der Waals surface area contributed by atoms with Crippen molar-refractivity contribution in [1.29, 1.82) is 0 Å². The van der Waals surface area contributed by atoms with Gasteiger partial charge in [0.25, 0.3) is 0 Å². The Bertz CT molecular complexity index is 343. The van der Waals surface area contributed by atoms with Gasteiger partial charge in [0.15, 0.2) is 0 Å². The number of ether oxygens (including phenoxy) is 2. The molecule has 1 rings (SSSR count). The molecule has 4 heteroatoms. The molecule has 0 aromatic heterocycles. The lowest BCUT2D eigenvalue weighted by atomic mass is 10.2. The summed E-state index contributed by atoms with van der Waals surface area (Å²) < 4.78 is 8.97. The molecule has 0 aliphatic rings. The second-order valence-corrected chi connectivity index (χ2v) is 3.16. The van der Waals surface area contributed by atoms with Crippen molar-refractivity contribution >= 4 is 23.8 Å². The van der Waals surface area contributed by atoms with Crippen LogP contribution in [0.1, 0.15) is 5.56 Å². The summed E-state index contributed by atoms with van der Waals surface area (Å²) in [5.41, 5.74) is 0.993. The molecular weight excluding hydrogens is 216 g/mol. The van der Waals surface area contributed by atoms with Crippen molar-refractivity contribution in [1.82, 2.24) is 0 Å². The maximum atomic E-state index is 10.6. The van der Waals surface area contributed by atoms with Gasteiger partial charge in [-0.15, -0.1) is 0 Å². The second kappa shape index (κ2) is 6.09. The van der Waals surface area contributed by atoms with E-state index >= 15 is 0 Å². The average molecular weight is 227 g/mol. The Kier molecular flexibility index (Phi) is 4.71. The molecule has 0 radical (unpaired) electrons. The molecule has 0 amide bonds. The van der Waals surface area contributed by atoms with E-state index in [0.29, 0.717) is 5.02 Å². The number of benzene rings is 1. The third kappa shape index (κ3) is 4.51. The molecule has 0 N–H and O–H groups in total. The molecule has 0 saturated heterocycles. The van der Waals surface area contributed by atoms with Gasteiger partial charge >= 0.3 is 6.16 Å². The first-order valence-corrected chi connectivity index (χ1v) is 4.73. The van der Waals surface area contributed by atoms with Crippen molar-refractivity contribution in [2.75, 3.05) is 13.7 Å². The fourth-order valence-electron chi connectivity index (χ4n) is 0.933. The molecule has 0 spiro atoms. The highest BCUT2D eigenvalue weighted by Crippen LogP contribution is 2.10. The van der Waals surface area contributed by atoms with Crippen LogP contribution in [0, 0.1) is 0 Å². The number of methoxy groups -OCH3 is 1. The number of hydrogen-bond acceptors (Lipinski definition) is 3. The minimum Gasteiger partial charge on any atom is -0.438 e. The Labute approximate surface area is 93.3 Å². The Morgan fingerprint density at radius 3 is 2.67 bits per heavy atom. The van der Waals surface area contributed by atoms with Gasteiger partial charge in [-0.25, -0.2) is 4.79 Å². The number of hydrogen-bond donors (Lipinski definition) is 0. The Balaban J connectivity index is 2.38. The lowest BCUT2D eigenvalue weighted by molar-refractivity contribution is 0.0819. The van der Waals surface area contributed by atoms with Crippen LogP contribution in [0.15, 0.2) is 30.3 Å². The van der Waals surface area contributed by atoms with Crippen molar-refractivity contribution in [3.63, 3.8) is 0 Å². The molecule has 0 saturated carbocycles. The third-order valence-corrected chi connectivity index (χ3v) is 1.90. The van der Waals surface area contributed by atoms with Crippen molar-refractivity contribution in [2.24, 2.45) is 0 Å². The van der Waals surface area contributed by atoms with Crippen molar-refractivity contribution in [3.05, 3.63) is 40.9 Å². The van der Waals surface area contributed by atoms with Crippen LogP contribution in [0.2, 0.25) is 5.02 Å². The Morgan fingerprint density at radius 1 is 1.40 bits per heavy atom. The van der Waals surface area contributed by atoms with Crippen molar-refractivity contribution < 1.29 is 14.3 Å². The van der Waals surface area contributed by atoms with Gasteiger partial charge in [0.05, 0.1) is 7.11 Å². The molecule has 1 aromatic rings. The summed E-state index contributed by atoms with van der Waals surface area (Å²) in [5.74, 6) is 0. The fraction of sp³-hybridized carbons (Fsp3) is 0.182. The van der Waals surface area contributed by atoms with Gasteiger partial charge in [-0.05, 0) is 23.8 Å². The van der Waals surface area contributed by atoms with Crippen LogP contribution in [-0.4, -0.2) is 19.9 Å². The molecule has 0 atom stereocenters. The topological polar surface area (TPSA) is 35.5 Å². The van der Waals surface area contributed by atoms with E-state index < -0.39 is 6.16 Å². The Morgan fingerprint density at radius 2 is 2.07 bits per heavy atom. The molecule has 1 aromatic carbocycles. The molecule has 15 heavy (non-hydrogen) atoms. The minimum absolute atomic E-state index is 0.190. The van der Waals surface area contributed by atoms with Crippen LogP contribution in [0.4, 0.5) is 4.79 Å². The summed E-state index contributed by atoms with van der Waals surface area (Å²) in [6.07, 6.45) is 2.87. The molecule has 80 valence electrons. The van der Waals surface area contributed by atoms with Gasteiger partial charge in [0.1, 0.15) is 6.61 Å². The van der Waals surface area contributed by atoms with Crippen LogP contribution in [0.25, 0.3) is 6.08 Å². The Hall–Kier alpha value is -1.48. The van der Waals surface area contributed by atoms with E-state index in [-0.39, 0.29) is 6.61 Å². The lowest BCUT2D eigenvalue weighted by Gasteiger charge is -1.98. The van der Waals surface area contributed by atoms with Crippen molar-refractivity contribution in [2.45, 2.75) is 0 Å². The first-order chi connectivity index (χ1) is 7.22. The summed E-state index contributed by atoms with van der Waals surface area (Å²) in [7, 11) is 1.27.